The summed E-state index contributed by atoms with van der Waals surface area (Å²) in [6, 6.07) is 8.70. The van der Waals surface area contributed by atoms with E-state index in [9.17, 15) is 9.59 Å². The minimum atomic E-state index is -0.811. The van der Waals surface area contributed by atoms with E-state index in [1.807, 2.05) is 30.3 Å². The third kappa shape index (κ3) is 5.54. The molecule has 7 nitrogen and oxygen atoms in total. The van der Waals surface area contributed by atoms with Gasteiger partial charge in [0.25, 0.3) is 0 Å². The number of carbonyl (C=O) groups is 2. The first kappa shape index (κ1) is 17.2. The molecular formula is C16H22N2O5. The number of rotatable bonds is 4. The van der Waals surface area contributed by atoms with Gasteiger partial charge in [0.05, 0.1) is 0 Å². The number of ether oxygens (including phenoxy) is 1. The van der Waals surface area contributed by atoms with Crippen LogP contribution in [0.1, 0.15) is 19.3 Å². The van der Waals surface area contributed by atoms with Gasteiger partial charge in [0.1, 0.15) is 23.9 Å². The molecule has 0 spiro atoms. The van der Waals surface area contributed by atoms with Gasteiger partial charge in [-0.3, -0.25) is 9.59 Å². The van der Waals surface area contributed by atoms with E-state index in [0.29, 0.717) is 13.0 Å². The minimum absolute atomic E-state index is 0.0477. The molecule has 1 aromatic rings. The second kappa shape index (κ2) is 8.50. The zero-order valence-corrected chi connectivity index (χ0v) is 12.8. The molecule has 2 heterocycles. The molecule has 0 aromatic heterocycles. The summed E-state index contributed by atoms with van der Waals surface area (Å²) in [5, 5.41) is 22.9. The van der Waals surface area contributed by atoms with Crippen molar-refractivity contribution in [2.45, 2.75) is 37.5 Å². The van der Waals surface area contributed by atoms with Crippen LogP contribution in [-0.4, -0.2) is 53.4 Å². The van der Waals surface area contributed by atoms with Gasteiger partial charge in [-0.2, -0.15) is 0 Å². The predicted molar refractivity (Wildman–Crippen MR) is 83.6 cm³/mol. The highest BCUT2D eigenvalue weighted by Gasteiger charge is 2.30. The van der Waals surface area contributed by atoms with E-state index in [-0.39, 0.29) is 12.1 Å². The van der Waals surface area contributed by atoms with Crippen molar-refractivity contribution in [1.29, 1.82) is 0 Å². The molecule has 0 aliphatic carbocycles. The lowest BCUT2D eigenvalue weighted by atomic mass is 10.2. The number of hydrogen-bond acceptors (Lipinski definition) is 5. The lowest BCUT2D eigenvalue weighted by Crippen LogP contribution is -2.30. The number of carboxylic acid groups (broad SMARTS) is 2. The van der Waals surface area contributed by atoms with Crippen LogP contribution >= 0.6 is 0 Å². The van der Waals surface area contributed by atoms with E-state index >= 15 is 0 Å². The number of aliphatic carboxylic acids is 2. The van der Waals surface area contributed by atoms with Gasteiger partial charge in [0, 0.05) is 13.0 Å². The molecule has 0 saturated carbocycles. The summed E-state index contributed by atoms with van der Waals surface area (Å²) < 4.78 is 5.63. The number of carboxylic acids is 2. The van der Waals surface area contributed by atoms with Crippen molar-refractivity contribution >= 4 is 11.9 Å². The molecule has 126 valence electrons. The lowest BCUT2D eigenvalue weighted by Gasteiger charge is -2.11. The topological polar surface area (TPSA) is 108 Å². The van der Waals surface area contributed by atoms with Crippen molar-refractivity contribution in [3.05, 3.63) is 30.3 Å². The van der Waals surface area contributed by atoms with Gasteiger partial charge in [-0.1, -0.05) is 18.2 Å². The highest BCUT2D eigenvalue weighted by molar-refractivity contribution is 5.74. The molecule has 7 heteroatoms. The summed E-state index contributed by atoms with van der Waals surface area (Å²) in [6.07, 6.45) is 2.25. The standard InChI is InChI=1S/C11H13NO3.C5H9NO2/c13-11(14)10-6-9(7-12-10)15-8-4-2-1-3-5-8;7-5(8)4-2-1-3-6-4/h1-5,9-10,12H,6-7H2,(H,13,14);4,6H,1-3H2,(H,7,8)/t9-,10+;/m1./s1. The zero-order valence-electron chi connectivity index (χ0n) is 12.8. The maximum atomic E-state index is 10.7. The monoisotopic (exact) mass is 322 g/mol. The van der Waals surface area contributed by atoms with E-state index in [1.165, 1.54) is 0 Å². The predicted octanol–water partition coefficient (Wildman–Crippen LogP) is 0.704. The Morgan fingerprint density at radius 3 is 2.22 bits per heavy atom. The van der Waals surface area contributed by atoms with Crippen molar-refractivity contribution < 1.29 is 24.5 Å². The number of benzene rings is 1. The van der Waals surface area contributed by atoms with Crippen molar-refractivity contribution in [2.75, 3.05) is 13.1 Å². The lowest BCUT2D eigenvalue weighted by molar-refractivity contribution is -0.140. The van der Waals surface area contributed by atoms with Crippen molar-refractivity contribution in [3.63, 3.8) is 0 Å². The first-order chi connectivity index (χ1) is 11.1. The molecule has 2 fully saturated rings. The smallest absolute Gasteiger partial charge is 0.320 e. The average molecular weight is 322 g/mol. The average Bonchev–Trinajstić information content (AvgIpc) is 3.20. The van der Waals surface area contributed by atoms with Crippen molar-refractivity contribution in [2.24, 2.45) is 0 Å². The van der Waals surface area contributed by atoms with Crippen LogP contribution in [0.25, 0.3) is 0 Å². The molecule has 2 aliphatic heterocycles. The maximum Gasteiger partial charge on any atom is 0.320 e. The molecule has 23 heavy (non-hydrogen) atoms. The third-order valence-corrected chi connectivity index (χ3v) is 3.79. The molecule has 3 rings (SSSR count). The SMILES string of the molecule is O=C(O)C1CCCN1.O=C(O)[C@@H]1C[C@@H](Oc2ccccc2)CN1. The number of para-hydroxylation sites is 1. The van der Waals surface area contributed by atoms with Crippen LogP contribution in [0.2, 0.25) is 0 Å². The van der Waals surface area contributed by atoms with Crippen LogP contribution in [0.3, 0.4) is 0 Å². The molecule has 1 unspecified atom stereocenters. The van der Waals surface area contributed by atoms with E-state index in [1.54, 1.807) is 0 Å². The van der Waals surface area contributed by atoms with Crippen LogP contribution < -0.4 is 15.4 Å². The Kier molecular flexibility index (Phi) is 6.37. The van der Waals surface area contributed by atoms with Crippen LogP contribution in [0.5, 0.6) is 5.75 Å². The fourth-order valence-corrected chi connectivity index (χ4v) is 2.57. The van der Waals surface area contributed by atoms with Crippen LogP contribution in [-0.2, 0) is 9.59 Å². The second-order valence-corrected chi connectivity index (χ2v) is 5.57. The van der Waals surface area contributed by atoms with Gasteiger partial charge >= 0.3 is 11.9 Å². The highest BCUT2D eigenvalue weighted by Crippen LogP contribution is 2.16. The van der Waals surface area contributed by atoms with E-state index in [2.05, 4.69) is 10.6 Å². The Labute approximate surface area is 134 Å². The van der Waals surface area contributed by atoms with Gasteiger partial charge in [0.2, 0.25) is 0 Å². The Morgan fingerprint density at radius 2 is 1.74 bits per heavy atom. The summed E-state index contributed by atoms with van der Waals surface area (Å²) >= 11 is 0. The Hall–Kier alpha value is -2.12. The fraction of sp³-hybridized carbons (Fsp3) is 0.500. The molecule has 0 amide bonds. The van der Waals surface area contributed by atoms with Crippen LogP contribution in [0.15, 0.2) is 30.3 Å². The summed E-state index contributed by atoms with van der Waals surface area (Å²) in [4.78, 5) is 20.8. The van der Waals surface area contributed by atoms with Gasteiger partial charge < -0.3 is 25.6 Å². The van der Waals surface area contributed by atoms with Gasteiger partial charge in [-0.15, -0.1) is 0 Å². The summed E-state index contributed by atoms with van der Waals surface area (Å²) in [6.45, 7) is 1.45. The van der Waals surface area contributed by atoms with Gasteiger partial charge in [-0.25, -0.2) is 0 Å². The molecule has 2 aliphatic rings. The Balaban J connectivity index is 0.000000203. The summed E-state index contributed by atoms with van der Waals surface area (Å²) in [5.74, 6) is -0.744. The second-order valence-electron chi connectivity index (χ2n) is 5.57. The fourth-order valence-electron chi connectivity index (χ4n) is 2.57. The molecule has 0 radical (unpaired) electrons. The Morgan fingerprint density at radius 1 is 1.04 bits per heavy atom. The largest absolute Gasteiger partial charge is 0.489 e. The minimum Gasteiger partial charge on any atom is -0.489 e. The molecule has 4 N–H and O–H groups in total. The molecule has 1 aromatic carbocycles. The van der Waals surface area contributed by atoms with Crippen molar-refractivity contribution in [3.8, 4) is 5.75 Å². The molecular weight excluding hydrogens is 300 g/mol. The maximum absolute atomic E-state index is 10.7. The quantitative estimate of drug-likeness (QED) is 0.646. The van der Waals surface area contributed by atoms with Gasteiger partial charge in [-0.05, 0) is 31.5 Å². The number of hydrogen-bond donors (Lipinski definition) is 4. The van der Waals surface area contributed by atoms with Crippen molar-refractivity contribution in [1.82, 2.24) is 10.6 Å². The number of nitrogens with one attached hydrogen (secondary N) is 2. The van der Waals surface area contributed by atoms with E-state index < -0.39 is 18.0 Å². The first-order valence-electron chi connectivity index (χ1n) is 7.70. The molecule has 2 saturated heterocycles. The van der Waals surface area contributed by atoms with Gasteiger partial charge in [0.15, 0.2) is 0 Å². The van der Waals surface area contributed by atoms with Crippen LogP contribution in [0, 0.1) is 0 Å². The highest BCUT2D eigenvalue weighted by atomic mass is 16.5. The van der Waals surface area contributed by atoms with E-state index in [4.69, 9.17) is 14.9 Å². The molecule has 3 atom stereocenters. The zero-order chi connectivity index (χ0) is 16.7. The summed E-state index contributed by atoms with van der Waals surface area (Å²) in [7, 11) is 0. The third-order valence-electron chi connectivity index (χ3n) is 3.79. The normalized spacial score (nSPS) is 26.2. The van der Waals surface area contributed by atoms with Crippen LogP contribution in [0.4, 0.5) is 0 Å². The summed E-state index contributed by atoms with van der Waals surface area (Å²) in [5.41, 5.74) is 0. The first-order valence-corrected chi connectivity index (χ1v) is 7.70. The molecule has 0 bridgehead atoms. The Bertz CT molecular complexity index is 516. The van der Waals surface area contributed by atoms with E-state index in [0.717, 1.165) is 25.1 Å².